The van der Waals surface area contributed by atoms with E-state index in [1.54, 1.807) is 11.9 Å². The Balaban J connectivity index is 1.92. The number of aryl methyl sites for hydroxylation is 1. The molecule has 0 unspecified atom stereocenters. The molecule has 134 valence electrons. The molecule has 0 aromatic heterocycles. The summed E-state index contributed by atoms with van der Waals surface area (Å²) in [5.74, 6) is -0.164. The molecule has 1 amide bonds. The largest absolute Gasteiger partial charge is 0.416 e. The summed E-state index contributed by atoms with van der Waals surface area (Å²) in [6.07, 6.45) is -4.34. The van der Waals surface area contributed by atoms with Gasteiger partial charge in [0.15, 0.2) is 0 Å². The van der Waals surface area contributed by atoms with Crippen LogP contribution in [0.25, 0.3) is 0 Å². The van der Waals surface area contributed by atoms with Crippen molar-refractivity contribution in [3.05, 3.63) is 64.7 Å². The van der Waals surface area contributed by atoms with Crippen molar-refractivity contribution in [1.29, 1.82) is 0 Å². The Hall–Kier alpha value is -2.34. The maximum atomic E-state index is 12.6. The van der Waals surface area contributed by atoms with Gasteiger partial charge in [-0.15, -0.1) is 0 Å². The molecule has 0 radical (unpaired) electrons. The van der Waals surface area contributed by atoms with E-state index in [9.17, 15) is 18.0 Å². The minimum absolute atomic E-state index is 0.147. The summed E-state index contributed by atoms with van der Waals surface area (Å²) < 4.78 is 37.7. The summed E-state index contributed by atoms with van der Waals surface area (Å²) in [6.45, 7) is 4.45. The Labute approximate surface area is 145 Å². The molecule has 0 spiro atoms. The normalized spacial score (nSPS) is 11.6. The van der Waals surface area contributed by atoms with Crippen molar-refractivity contribution in [3.8, 4) is 0 Å². The fraction of sp³-hybridized carbons (Fsp3) is 0.316. The average Bonchev–Trinajstić information content (AvgIpc) is 2.51. The summed E-state index contributed by atoms with van der Waals surface area (Å²) >= 11 is 0. The first-order valence-corrected chi connectivity index (χ1v) is 7.87. The van der Waals surface area contributed by atoms with Gasteiger partial charge in [0.25, 0.3) is 0 Å². The summed E-state index contributed by atoms with van der Waals surface area (Å²) in [7, 11) is 1.75. The molecule has 0 bridgehead atoms. The smallest absolute Gasteiger partial charge is 0.325 e. The van der Waals surface area contributed by atoms with Crippen LogP contribution in [-0.4, -0.2) is 24.4 Å². The highest BCUT2D eigenvalue weighted by atomic mass is 19.4. The Bertz CT molecular complexity index is 739. The van der Waals surface area contributed by atoms with E-state index in [0.717, 1.165) is 34.5 Å². The van der Waals surface area contributed by atoms with Gasteiger partial charge in [-0.1, -0.05) is 24.3 Å². The Kier molecular flexibility index (Phi) is 5.85. The maximum Gasteiger partial charge on any atom is 0.416 e. The molecule has 0 saturated heterocycles. The lowest BCUT2D eigenvalue weighted by Crippen LogP contribution is -2.30. The average molecular weight is 350 g/mol. The van der Waals surface area contributed by atoms with Crippen molar-refractivity contribution in [3.63, 3.8) is 0 Å². The van der Waals surface area contributed by atoms with E-state index in [1.165, 1.54) is 12.1 Å². The Morgan fingerprint density at radius 1 is 1.08 bits per heavy atom. The number of alkyl halides is 3. The van der Waals surface area contributed by atoms with Gasteiger partial charge in [-0.05, 0) is 55.8 Å². The maximum absolute atomic E-state index is 12.6. The van der Waals surface area contributed by atoms with Crippen LogP contribution in [0.5, 0.6) is 0 Å². The van der Waals surface area contributed by atoms with Crippen LogP contribution in [0.2, 0.25) is 0 Å². The molecule has 1 N–H and O–H groups in total. The van der Waals surface area contributed by atoms with Gasteiger partial charge in [0, 0.05) is 12.2 Å². The zero-order chi connectivity index (χ0) is 18.6. The van der Waals surface area contributed by atoms with Crippen molar-refractivity contribution in [1.82, 2.24) is 4.90 Å². The molecule has 0 aliphatic heterocycles. The Morgan fingerprint density at radius 2 is 1.72 bits per heavy atom. The molecule has 6 heteroatoms. The number of hydrogen-bond donors (Lipinski definition) is 1. The fourth-order valence-electron chi connectivity index (χ4n) is 2.49. The van der Waals surface area contributed by atoms with Crippen molar-refractivity contribution in [2.75, 3.05) is 18.9 Å². The zero-order valence-electron chi connectivity index (χ0n) is 14.4. The van der Waals surface area contributed by atoms with Crippen LogP contribution < -0.4 is 5.32 Å². The van der Waals surface area contributed by atoms with Gasteiger partial charge >= 0.3 is 6.18 Å². The Morgan fingerprint density at radius 3 is 2.32 bits per heavy atom. The standard InChI is InChI=1S/C19H21F3N2O/c1-13-5-4-6-17(14(13)2)23-18(25)12-24(3)11-15-7-9-16(10-8-15)19(20,21)22/h4-10H,11-12H2,1-3H3,(H,23,25). The van der Waals surface area contributed by atoms with Gasteiger partial charge in [-0.2, -0.15) is 13.2 Å². The number of hydrogen-bond acceptors (Lipinski definition) is 2. The molecule has 2 aromatic rings. The molecule has 0 fully saturated rings. The number of likely N-dealkylation sites (N-methyl/N-ethyl adjacent to an activating group) is 1. The SMILES string of the molecule is Cc1cccc(NC(=O)CN(C)Cc2ccc(C(F)(F)F)cc2)c1C. The van der Waals surface area contributed by atoms with E-state index >= 15 is 0 Å². The minimum Gasteiger partial charge on any atom is -0.325 e. The van der Waals surface area contributed by atoms with E-state index in [4.69, 9.17) is 0 Å². The molecular formula is C19H21F3N2O. The van der Waals surface area contributed by atoms with Gasteiger partial charge in [-0.3, -0.25) is 9.69 Å². The van der Waals surface area contributed by atoms with Crippen molar-refractivity contribution < 1.29 is 18.0 Å². The summed E-state index contributed by atoms with van der Waals surface area (Å²) in [5, 5.41) is 2.87. The quantitative estimate of drug-likeness (QED) is 0.867. The van der Waals surface area contributed by atoms with E-state index in [2.05, 4.69) is 5.32 Å². The van der Waals surface area contributed by atoms with Gasteiger partial charge in [0.05, 0.1) is 12.1 Å². The van der Waals surface area contributed by atoms with Crippen molar-refractivity contribution >= 4 is 11.6 Å². The predicted octanol–water partition coefficient (Wildman–Crippen LogP) is 4.39. The second-order valence-electron chi connectivity index (χ2n) is 6.16. The number of benzene rings is 2. The van der Waals surface area contributed by atoms with Gasteiger partial charge in [-0.25, -0.2) is 0 Å². The first-order chi connectivity index (χ1) is 11.7. The molecule has 3 nitrogen and oxygen atoms in total. The van der Waals surface area contributed by atoms with Crippen LogP contribution in [-0.2, 0) is 17.5 Å². The molecule has 0 heterocycles. The molecule has 2 rings (SSSR count). The first kappa shape index (κ1) is 19.0. The lowest BCUT2D eigenvalue weighted by atomic mass is 10.1. The fourth-order valence-corrected chi connectivity index (χ4v) is 2.49. The monoisotopic (exact) mass is 350 g/mol. The highest BCUT2D eigenvalue weighted by molar-refractivity contribution is 5.93. The third-order valence-electron chi connectivity index (χ3n) is 4.03. The van der Waals surface area contributed by atoms with E-state index < -0.39 is 11.7 Å². The highest BCUT2D eigenvalue weighted by Gasteiger charge is 2.29. The molecule has 0 atom stereocenters. The number of halogens is 3. The number of anilines is 1. The van der Waals surface area contributed by atoms with Crippen LogP contribution in [0, 0.1) is 13.8 Å². The van der Waals surface area contributed by atoms with Crippen molar-refractivity contribution in [2.45, 2.75) is 26.6 Å². The number of carbonyl (C=O) groups is 1. The first-order valence-electron chi connectivity index (χ1n) is 7.87. The van der Waals surface area contributed by atoms with Crippen LogP contribution in [0.1, 0.15) is 22.3 Å². The molecule has 2 aromatic carbocycles. The lowest BCUT2D eigenvalue weighted by molar-refractivity contribution is -0.137. The molecular weight excluding hydrogens is 329 g/mol. The second kappa shape index (κ2) is 7.70. The highest BCUT2D eigenvalue weighted by Crippen LogP contribution is 2.29. The van der Waals surface area contributed by atoms with Gasteiger partial charge in [0.2, 0.25) is 5.91 Å². The predicted molar refractivity (Wildman–Crippen MR) is 92.3 cm³/mol. The van der Waals surface area contributed by atoms with Crippen LogP contribution >= 0.6 is 0 Å². The van der Waals surface area contributed by atoms with E-state index in [1.807, 2.05) is 32.0 Å². The van der Waals surface area contributed by atoms with Crippen molar-refractivity contribution in [2.24, 2.45) is 0 Å². The number of rotatable bonds is 5. The molecule has 25 heavy (non-hydrogen) atoms. The number of nitrogens with one attached hydrogen (secondary N) is 1. The van der Waals surface area contributed by atoms with E-state index in [-0.39, 0.29) is 12.5 Å². The second-order valence-corrected chi connectivity index (χ2v) is 6.16. The molecule has 0 saturated carbocycles. The number of amides is 1. The lowest BCUT2D eigenvalue weighted by Gasteiger charge is -2.18. The molecule has 0 aliphatic carbocycles. The van der Waals surface area contributed by atoms with Crippen LogP contribution in [0.4, 0.5) is 18.9 Å². The summed E-state index contributed by atoms with van der Waals surface area (Å²) in [5.41, 5.74) is 2.92. The van der Waals surface area contributed by atoms with Gasteiger partial charge < -0.3 is 5.32 Å². The van der Waals surface area contributed by atoms with Crippen LogP contribution in [0.15, 0.2) is 42.5 Å². The molecule has 0 aliphatic rings. The third kappa shape index (κ3) is 5.32. The van der Waals surface area contributed by atoms with Crippen LogP contribution in [0.3, 0.4) is 0 Å². The summed E-state index contributed by atoms with van der Waals surface area (Å²) in [6, 6.07) is 10.7. The number of nitrogens with zero attached hydrogens (tertiary/aromatic N) is 1. The summed E-state index contributed by atoms with van der Waals surface area (Å²) in [4.78, 5) is 13.9. The van der Waals surface area contributed by atoms with E-state index in [0.29, 0.717) is 6.54 Å². The van der Waals surface area contributed by atoms with Gasteiger partial charge in [0.1, 0.15) is 0 Å². The zero-order valence-corrected chi connectivity index (χ0v) is 14.4. The minimum atomic E-state index is -4.34. The topological polar surface area (TPSA) is 32.3 Å². The third-order valence-corrected chi connectivity index (χ3v) is 4.03. The number of carbonyl (C=O) groups excluding carboxylic acids is 1.